The maximum absolute atomic E-state index is 6.07. The normalized spacial score (nSPS) is 18.1. The zero-order valence-electron chi connectivity index (χ0n) is 13.2. The Labute approximate surface area is 145 Å². The van der Waals surface area contributed by atoms with Crippen molar-refractivity contribution in [2.75, 3.05) is 6.54 Å². The van der Waals surface area contributed by atoms with Crippen LogP contribution in [0.3, 0.4) is 0 Å². The molecule has 3 heterocycles. The monoisotopic (exact) mass is 339 g/mol. The second-order valence-electron chi connectivity index (χ2n) is 6.00. The maximum atomic E-state index is 6.07. The lowest BCUT2D eigenvalue weighted by molar-refractivity contribution is 0.237. The van der Waals surface area contributed by atoms with Gasteiger partial charge in [-0.2, -0.15) is 5.10 Å². The summed E-state index contributed by atoms with van der Waals surface area (Å²) in [7, 11) is 0. The van der Waals surface area contributed by atoms with Crippen LogP contribution in [0.5, 0.6) is 0 Å². The molecule has 0 saturated carbocycles. The molecule has 0 radical (unpaired) electrons. The minimum Gasteiger partial charge on any atom is -0.288 e. The summed E-state index contributed by atoms with van der Waals surface area (Å²) in [6.07, 6.45) is 3.97. The van der Waals surface area contributed by atoms with Crippen molar-refractivity contribution >= 4 is 11.6 Å². The predicted octanol–water partition coefficient (Wildman–Crippen LogP) is 3.86. The van der Waals surface area contributed by atoms with E-state index in [0.717, 1.165) is 53.9 Å². The van der Waals surface area contributed by atoms with Crippen molar-refractivity contribution in [1.29, 1.82) is 0 Å². The standard InChI is InChI=1S/C18H18ClN5/c19-14-8-9-20-15(11-14)12-24-10-4-7-16(24)18-21-17(22-23-18)13-5-2-1-3-6-13/h1-3,5-6,8-9,11,16H,4,7,10,12H2,(H,21,22,23). The van der Waals surface area contributed by atoms with E-state index < -0.39 is 0 Å². The van der Waals surface area contributed by atoms with Crippen LogP contribution < -0.4 is 0 Å². The van der Waals surface area contributed by atoms with Gasteiger partial charge in [0.2, 0.25) is 0 Å². The highest BCUT2D eigenvalue weighted by atomic mass is 35.5. The Hall–Kier alpha value is -2.24. The highest BCUT2D eigenvalue weighted by Crippen LogP contribution is 2.32. The van der Waals surface area contributed by atoms with E-state index in [1.165, 1.54) is 0 Å². The quantitative estimate of drug-likeness (QED) is 0.784. The van der Waals surface area contributed by atoms with Crippen LogP contribution in [0.1, 0.15) is 30.4 Å². The topological polar surface area (TPSA) is 57.7 Å². The molecule has 1 aromatic carbocycles. The van der Waals surface area contributed by atoms with E-state index in [0.29, 0.717) is 0 Å². The van der Waals surface area contributed by atoms with E-state index in [1.54, 1.807) is 12.3 Å². The van der Waals surface area contributed by atoms with E-state index >= 15 is 0 Å². The Morgan fingerprint density at radius 2 is 2.08 bits per heavy atom. The summed E-state index contributed by atoms with van der Waals surface area (Å²) in [6.45, 7) is 1.80. The van der Waals surface area contributed by atoms with Gasteiger partial charge in [0, 0.05) is 23.3 Å². The van der Waals surface area contributed by atoms with E-state index in [-0.39, 0.29) is 6.04 Å². The summed E-state index contributed by atoms with van der Waals surface area (Å²) in [4.78, 5) is 11.5. The smallest absolute Gasteiger partial charge is 0.181 e. The first-order chi connectivity index (χ1) is 11.8. The van der Waals surface area contributed by atoms with Gasteiger partial charge in [0.1, 0.15) is 5.82 Å². The number of benzene rings is 1. The van der Waals surface area contributed by atoms with Crippen molar-refractivity contribution in [2.45, 2.75) is 25.4 Å². The molecule has 1 atom stereocenters. The number of aromatic nitrogens is 4. The molecule has 1 fully saturated rings. The number of nitrogens with one attached hydrogen (secondary N) is 1. The van der Waals surface area contributed by atoms with E-state index in [1.807, 2.05) is 36.4 Å². The number of halogens is 1. The molecule has 0 bridgehead atoms. The van der Waals surface area contributed by atoms with Gasteiger partial charge in [-0.25, -0.2) is 4.98 Å². The molecular weight excluding hydrogens is 322 g/mol. The Morgan fingerprint density at radius 3 is 2.92 bits per heavy atom. The number of H-pyrrole nitrogens is 1. The van der Waals surface area contributed by atoms with Crippen LogP contribution >= 0.6 is 11.6 Å². The van der Waals surface area contributed by atoms with Crippen LogP contribution in [0.25, 0.3) is 11.4 Å². The number of rotatable bonds is 4. The van der Waals surface area contributed by atoms with Crippen LogP contribution in [-0.4, -0.2) is 31.6 Å². The minimum absolute atomic E-state index is 0.246. The molecule has 0 spiro atoms. The predicted molar refractivity (Wildman–Crippen MR) is 93.5 cm³/mol. The lowest BCUT2D eigenvalue weighted by atomic mass is 10.2. The third kappa shape index (κ3) is 3.18. The lowest BCUT2D eigenvalue weighted by Gasteiger charge is -2.22. The number of pyridine rings is 1. The Kier molecular flexibility index (Phi) is 4.28. The Morgan fingerprint density at radius 1 is 1.21 bits per heavy atom. The first-order valence-electron chi connectivity index (χ1n) is 8.12. The molecule has 0 aliphatic carbocycles. The fourth-order valence-electron chi connectivity index (χ4n) is 3.21. The molecule has 2 aromatic heterocycles. The van der Waals surface area contributed by atoms with Crippen LogP contribution in [0.4, 0.5) is 0 Å². The molecule has 1 aliphatic rings. The first-order valence-corrected chi connectivity index (χ1v) is 8.49. The van der Waals surface area contributed by atoms with Crippen molar-refractivity contribution in [3.63, 3.8) is 0 Å². The average Bonchev–Trinajstić information content (AvgIpc) is 3.25. The van der Waals surface area contributed by atoms with Gasteiger partial charge in [-0.15, -0.1) is 0 Å². The number of likely N-dealkylation sites (tertiary alicyclic amines) is 1. The SMILES string of the molecule is Clc1ccnc(CN2CCCC2c2nc(-c3ccccc3)n[nH]2)c1. The molecule has 0 amide bonds. The van der Waals surface area contributed by atoms with Gasteiger partial charge in [0.05, 0.1) is 11.7 Å². The van der Waals surface area contributed by atoms with E-state index in [2.05, 4.69) is 20.1 Å². The Bertz CT molecular complexity index is 817. The van der Waals surface area contributed by atoms with Crippen molar-refractivity contribution in [3.8, 4) is 11.4 Å². The molecule has 122 valence electrons. The molecular formula is C18H18ClN5. The van der Waals surface area contributed by atoms with Gasteiger partial charge in [-0.1, -0.05) is 41.9 Å². The lowest BCUT2D eigenvalue weighted by Crippen LogP contribution is -2.24. The molecule has 1 aliphatic heterocycles. The van der Waals surface area contributed by atoms with Crippen molar-refractivity contribution < 1.29 is 0 Å². The molecule has 5 nitrogen and oxygen atoms in total. The number of nitrogens with zero attached hydrogens (tertiary/aromatic N) is 4. The number of hydrogen-bond acceptors (Lipinski definition) is 4. The molecule has 1 N–H and O–H groups in total. The molecule has 1 unspecified atom stereocenters. The summed E-state index contributed by atoms with van der Waals surface area (Å²) in [5.41, 5.74) is 2.01. The van der Waals surface area contributed by atoms with Gasteiger partial charge in [-0.05, 0) is 31.5 Å². The highest BCUT2D eigenvalue weighted by Gasteiger charge is 2.29. The second kappa shape index (κ2) is 6.71. The highest BCUT2D eigenvalue weighted by molar-refractivity contribution is 6.30. The number of hydrogen-bond donors (Lipinski definition) is 1. The summed E-state index contributed by atoms with van der Waals surface area (Å²) in [6, 6.07) is 14.0. The molecule has 24 heavy (non-hydrogen) atoms. The third-order valence-corrected chi connectivity index (χ3v) is 4.59. The summed E-state index contributed by atoms with van der Waals surface area (Å²) >= 11 is 6.07. The average molecular weight is 340 g/mol. The Balaban J connectivity index is 1.54. The fourth-order valence-corrected chi connectivity index (χ4v) is 3.39. The van der Waals surface area contributed by atoms with Crippen molar-refractivity contribution in [1.82, 2.24) is 25.1 Å². The fraction of sp³-hybridized carbons (Fsp3) is 0.278. The molecule has 6 heteroatoms. The molecule has 3 aromatic rings. The maximum Gasteiger partial charge on any atom is 0.181 e. The van der Waals surface area contributed by atoms with Gasteiger partial charge >= 0.3 is 0 Å². The van der Waals surface area contributed by atoms with Crippen LogP contribution in [0.15, 0.2) is 48.7 Å². The zero-order chi connectivity index (χ0) is 16.4. The van der Waals surface area contributed by atoms with Crippen molar-refractivity contribution in [3.05, 3.63) is 65.2 Å². The van der Waals surface area contributed by atoms with Gasteiger partial charge in [0.25, 0.3) is 0 Å². The van der Waals surface area contributed by atoms with Gasteiger partial charge in [-0.3, -0.25) is 15.0 Å². The molecule has 4 rings (SSSR count). The summed E-state index contributed by atoms with van der Waals surface area (Å²) in [5.74, 6) is 1.67. The second-order valence-corrected chi connectivity index (χ2v) is 6.44. The number of aromatic amines is 1. The van der Waals surface area contributed by atoms with Gasteiger partial charge in [0.15, 0.2) is 5.82 Å². The summed E-state index contributed by atoms with van der Waals surface area (Å²) in [5, 5.41) is 8.24. The minimum atomic E-state index is 0.246. The van der Waals surface area contributed by atoms with Crippen LogP contribution in [-0.2, 0) is 6.54 Å². The third-order valence-electron chi connectivity index (χ3n) is 4.36. The largest absolute Gasteiger partial charge is 0.288 e. The van der Waals surface area contributed by atoms with Crippen LogP contribution in [0, 0.1) is 0 Å². The van der Waals surface area contributed by atoms with Gasteiger partial charge < -0.3 is 0 Å². The van der Waals surface area contributed by atoms with E-state index in [9.17, 15) is 0 Å². The zero-order valence-corrected chi connectivity index (χ0v) is 13.9. The molecule has 1 saturated heterocycles. The first kappa shape index (κ1) is 15.3. The van der Waals surface area contributed by atoms with E-state index in [4.69, 9.17) is 16.6 Å². The van der Waals surface area contributed by atoms with Crippen molar-refractivity contribution in [2.24, 2.45) is 0 Å². The van der Waals surface area contributed by atoms with Crippen LogP contribution in [0.2, 0.25) is 5.02 Å². The summed E-state index contributed by atoms with van der Waals surface area (Å²) < 4.78 is 0.